The van der Waals surface area contributed by atoms with Crippen molar-refractivity contribution in [1.29, 1.82) is 0 Å². The predicted molar refractivity (Wildman–Crippen MR) is 114 cm³/mol. The Bertz CT molecular complexity index is 946. The lowest BCUT2D eigenvalue weighted by atomic mass is 10.1. The lowest BCUT2D eigenvalue weighted by Gasteiger charge is -2.11. The summed E-state index contributed by atoms with van der Waals surface area (Å²) >= 11 is 0. The van der Waals surface area contributed by atoms with Crippen LogP contribution in [0, 0.1) is 5.82 Å². The fourth-order valence-corrected chi connectivity index (χ4v) is 3.40. The van der Waals surface area contributed by atoms with Crippen LogP contribution in [-0.2, 0) is 25.9 Å². The Morgan fingerprint density at radius 2 is 2.22 bits per heavy atom. The molecule has 0 atom stereocenters. The van der Waals surface area contributed by atoms with E-state index in [1.54, 1.807) is 19.2 Å². The second-order valence-corrected chi connectivity index (χ2v) is 6.39. The van der Waals surface area contributed by atoms with Gasteiger partial charge in [-0.15, -0.1) is 34.2 Å². The van der Waals surface area contributed by atoms with Crippen molar-refractivity contribution in [3.05, 3.63) is 47.4 Å². The number of aliphatic imine (C=N–C) groups is 1. The van der Waals surface area contributed by atoms with Crippen LogP contribution in [0.1, 0.15) is 23.6 Å². The van der Waals surface area contributed by atoms with Gasteiger partial charge >= 0.3 is 0 Å². The molecule has 0 bridgehead atoms. The molecule has 3 heterocycles. The van der Waals surface area contributed by atoms with E-state index in [2.05, 4.69) is 35.4 Å². The van der Waals surface area contributed by atoms with Crippen LogP contribution in [0.25, 0.3) is 10.9 Å². The van der Waals surface area contributed by atoms with Crippen LogP contribution < -0.4 is 10.6 Å². The average Bonchev–Trinajstić information content (AvgIpc) is 3.34. The van der Waals surface area contributed by atoms with Crippen LogP contribution in [-0.4, -0.2) is 39.3 Å². The molecule has 4 rings (SSSR count). The fraction of sp³-hybridized carbons (Fsp3) is 0.389. The normalized spacial score (nSPS) is 13.5. The molecular formula is C18H23FIN7. The van der Waals surface area contributed by atoms with Crippen LogP contribution in [0.4, 0.5) is 4.39 Å². The van der Waals surface area contributed by atoms with Gasteiger partial charge < -0.3 is 20.2 Å². The molecular weight excluding hydrogens is 460 g/mol. The standard InChI is InChI=1S/C18H22FN7.HI/c1-20-18(23-11-17-25-24-16-3-2-8-26(16)17)21-7-6-12-10-22-15-5-4-13(19)9-14(12)15;/h4-5,9-10,22H,2-3,6-8,11H2,1H3,(H2,20,21,23);1H. The van der Waals surface area contributed by atoms with Crippen LogP contribution >= 0.6 is 24.0 Å². The molecule has 3 aromatic rings. The maximum absolute atomic E-state index is 13.5. The van der Waals surface area contributed by atoms with Gasteiger partial charge in [-0.2, -0.15) is 0 Å². The first-order valence-corrected chi connectivity index (χ1v) is 8.85. The zero-order valence-electron chi connectivity index (χ0n) is 15.1. The highest BCUT2D eigenvalue weighted by Crippen LogP contribution is 2.19. The van der Waals surface area contributed by atoms with Crippen molar-refractivity contribution >= 4 is 40.8 Å². The van der Waals surface area contributed by atoms with Crippen molar-refractivity contribution < 1.29 is 4.39 Å². The van der Waals surface area contributed by atoms with Crippen molar-refractivity contribution in [1.82, 2.24) is 30.4 Å². The van der Waals surface area contributed by atoms with Gasteiger partial charge in [0.1, 0.15) is 11.6 Å². The third-order valence-corrected chi connectivity index (χ3v) is 4.74. The van der Waals surface area contributed by atoms with Gasteiger partial charge in [0, 0.05) is 43.7 Å². The van der Waals surface area contributed by atoms with Crippen LogP contribution in [0.15, 0.2) is 29.4 Å². The number of aryl methyl sites for hydroxylation is 1. The van der Waals surface area contributed by atoms with Crippen LogP contribution in [0.5, 0.6) is 0 Å². The zero-order valence-corrected chi connectivity index (χ0v) is 17.5. The van der Waals surface area contributed by atoms with Crippen molar-refractivity contribution in [3.8, 4) is 0 Å². The van der Waals surface area contributed by atoms with Gasteiger partial charge in [-0.3, -0.25) is 4.99 Å². The van der Waals surface area contributed by atoms with Crippen molar-refractivity contribution in [2.45, 2.75) is 32.4 Å². The van der Waals surface area contributed by atoms with Gasteiger partial charge in [-0.25, -0.2) is 4.39 Å². The molecule has 0 fully saturated rings. The number of hydrogen-bond acceptors (Lipinski definition) is 3. The minimum absolute atomic E-state index is 0. The van der Waals surface area contributed by atoms with E-state index in [1.165, 1.54) is 6.07 Å². The van der Waals surface area contributed by atoms with Crippen molar-refractivity contribution in [3.63, 3.8) is 0 Å². The first kappa shape index (κ1) is 19.6. The number of hydrogen-bond donors (Lipinski definition) is 3. The highest BCUT2D eigenvalue weighted by atomic mass is 127. The van der Waals surface area contributed by atoms with Gasteiger partial charge in [0.05, 0.1) is 6.54 Å². The predicted octanol–water partition coefficient (Wildman–Crippen LogP) is 2.37. The third kappa shape index (κ3) is 4.23. The maximum atomic E-state index is 13.5. The molecule has 0 amide bonds. The summed E-state index contributed by atoms with van der Waals surface area (Å²) in [6.45, 7) is 2.27. The first-order chi connectivity index (χ1) is 12.7. The minimum atomic E-state index is -0.218. The number of H-pyrrole nitrogens is 1. The lowest BCUT2D eigenvalue weighted by Crippen LogP contribution is -2.38. The number of halogens is 2. The summed E-state index contributed by atoms with van der Waals surface area (Å²) < 4.78 is 15.6. The van der Waals surface area contributed by atoms with Crippen molar-refractivity contribution in [2.75, 3.05) is 13.6 Å². The van der Waals surface area contributed by atoms with E-state index in [4.69, 9.17) is 0 Å². The van der Waals surface area contributed by atoms with Gasteiger partial charge in [-0.05, 0) is 36.6 Å². The summed E-state index contributed by atoms with van der Waals surface area (Å²) in [7, 11) is 1.74. The Balaban J connectivity index is 0.00000210. The summed E-state index contributed by atoms with van der Waals surface area (Å²) in [6.07, 6.45) is 4.84. The van der Waals surface area contributed by atoms with E-state index in [9.17, 15) is 4.39 Å². The molecule has 9 heteroatoms. The summed E-state index contributed by atoms with van der Waals surface area (Å²) in [5, 5.41) is 15.9. The van der Waals surface area contributed by atoms with Gasteiger partial charge in [0.25, 0.3) is 0 Å². The number of nitrogens with one attached hydrogen (secondary N) is 3. The molecule has 0 aliphatic carbocycles. The van der Waals surface area contributed by atoms with E-state index < -0.39 is 0 Å². The van der Waals surface area contributed by atoms with Crippen LogP contribution in [0.2, 0.25) is 0 Å². The third-order valence-electron chi connectivity index (χ3n) is 4.74. The summed E-state index contributed by atoms with van der Waals surface area (Å²) in [5.74, 6) is 2.50. The second-order valence-electron chi connectivity index (χ2n) is 6.39. The monoisotopic (exact) mass is 483 g/mol. The zero-order chi connectivity index (χ0) is 17.9. The Hall–Kier alpha value is -2.17. The van der Waals surface area contributed by atoms with Gasteiger partial charge in [0.15, 0.2) is 11.8 Å². The van der Waals surface area contributed by atoms with Gasteiger partial charge in [-0.1, -0.05) is 0 Å². The van der Waals surface area contributed by atoms with Gasteiger partial charge in [0.2, 0.25) is 0 Å². The highest BCUT2D eigenvalue weighted by molar-refractivity contribution is 14.0. The molecule has 1 aliphatic rings. The Morgan fingerprint density at radius 3 is 3.07 bits per heavy atom. The SMILES string of the molecule is CN=C(NCCc1c[nH]c2ccc(F)cc12)NCc1nnc2n1CCC2.I. The molecule has 0 radical (unpaired) electrons. The summed E-state index contributed by atoms with van der Waals surface area (Å²) in [5.41, 5.74) is 2.03. The average molecular weight is 483 g/mol. The van der Waals surface area contributed by atoms with E-state index >= 15 is 0 Å². The Labute approximate surface area is 173 Å². The number of aromatic nitrogens is 4. The summed E-state index contributed by atoms with van der Waals surface area (Å²) in [6, 6.07) is 4.80. The number of nitrogens with zero attached hydrogens (tertiary/aromatic N) is 4. The molecule has 0 saturated carbocycles. The quantitative estimate of drug-likeness (QED) is 0.296. The molecule has 7 nitrogen and oxygen atoms in total. The minimum Gasteiger partial charge on any atom is -0.361 e. The number of guanidine groups is 1. The highest BCUT2D eigenvalue weighted by Gasteiger charge is 2.17. The molecule has 3 N–H and O–H groups in total. The van der Waals surface area contributed by atoms with E-state index in [1.807, 2.05) is 6.20 Å². The molecule has 0 unspecified atom stereocenters. The van der Waals surface area contributed by atoms with Crippen molar-refractivity contribution in [2.24, 2.45) is 4.99 Å². The molecule has 1 aliphatic heterocycles. The molecule has 0 saturated heterocycles. The lowest BCUT2D eigenvalue weighted by molar-refractivity contribution is 0.629. The number of aromatic amines is 1. The van der Waals surface area contributed by atoms with E-state index in [0.717, 1.165) is 53.9 Å². The number of benzene rings is 1. The Kier molecular flexibility index (Phi) is 6.30. The molecule has 2 aromatic heterocycles. The second kappa shape index (κ2) is 8.68. The topological polar surface area (TPSA) is 82.9 Å². The molecule has 0 spiro atoms. The first-order valence-electron chi connectivity index (χ1n) is 8.85. The number of fused-ring (bicyclic) bond motifs is 2. The summed E-state index contributed by atoms with van der Waals surface area (Å²) in [4.78, 5) is 7.42. The fourth-order valence-electron chi connectivity index (χ4n) is 3.40. The molecule has 27 heavy (non-hydrogen) atoms. The number of rotatable bonds is 5. The maximum Gasteiger partial charge on any atom is 0.191 e. The Morgan fingerprint density at radius 1 is 1.33 bits per heavy atom. The molecule has 144 valence electrons. The molecule has 1 aromatic carbocycles. The van der Waals surface area contributed by atoms with Crippen LogP contribution in [0.3, 0.4) is 0 Å². The largest absolute Gasteiger partial charge is 0.361 e. The smallest absolute Gasteiger partial charge is 0.191 e. The van der Waals surface area contributed by atoms with E-state index in [0.29, 0.717) is 19.0 Å². The van der Waals surface area contributed by atoms with E-state index in [-0.39, 0.29) is 29.8 Å².